The number of amides is 2. The minimum Gasteiger partial charge on any atom is -0.322 e. The molecule has 28 heavy (non-hydrogen) atoms. The molecule has 0 unspecified atom stereocenters. The molecule has 10 heteroatoms. The molecule has 2 N–H and O–H groups in total. The van der Waals surface area contributed by atoms with Gasteiger partial charge >= 0.3 is 18.0 Å². The van der Waals surface area contributed by atoms with Gasteiger partial charge in [-0.15, -0.1) is 11.3 Å². The predicted octanol–water partition coefficient (Wildman–Crippen LogP) is 4.93. The van der Waals surface area contributed by atoms with Crippen molar-refractivity contribution in [2.75, 3.05) is 10.6 Å². The second-order valence-electron chi connectivity index (χ2n) is 6.36. The van der Waals surface area contributed by atoms with E-state index in [4.69, 9.17) is 0 Å². The fourth-order valence-corrected chi connectivity index (χ4v) is 4.22. The second-order valence-corrected chi connectivity index (χ2v) is 7.46. The first-order valence-corrected chi connectivity index (χ1v) is 9.11. The van der Waals surface area contributed by atoms with E-state index in [1.807, 2.05) is 0 Å². The number of hydrogen-bond acceptors (Lipinski definition) is 3. The summed E-state index contributed by atoms with van der Waals surface area (Å²) in [6.45, 7) is 1.75. The number of aryl methyl sites for hydroxylation is 2. The fraction of sp³-hybridized carbons (Fsp3) is 0.333. The first kappa shape index (κ1) is 20.2. The number of hydrogen-bond donors (Lipinski definition) is 2. The lowest BCUT2D eigenvalue weighted by molar-refractivity contribution is -0.267. The number of thiophene rings is 1. The summed E-state index contributed by atoms with van der Waals surface area (Å²) in [5, 5.41) is 3.95. The fourth-order valence-electron chi connectivity index (χ4n) is 2.94. The van der Waals surface area contributed by atoms with Crippen molar-refractivity contribution >= 4 is 33.8 Å². The summed E-state index contributed by atoms with van der Waals surface area (Å²) < 4.78 is 64.0. The Morgan fingerprint density at radius 2 is 1.71 bits per heavy atom. The molecule has 150 valence electrons. The third kappa shape index (κ3) is 3.60. The molecule has 0 bridgehead atoms. The van der Waals surface area contributed by atoms with E-state index < -0.39 is 23.9 Å². The topological polar surface area (TPSA) is 58.2 Å². The largest absolute Gasteiger partial charge is 0.463 e. The Balaban J connectivity index is 1.93. The monoisotopic (exact) mass is 418 g/mol. The molecule has 2 aromatic rings. The second kappa shape index (κ2) is 7.16. The van der Waals surface area contributed by atoms with E-state index >= 15 is 0 Å². The summed E-state index contributed by atoms with van der Waals surface area (Å²) in [6, 6.07) is 6.83. The van der Waals surface area contributed by atoms with Crippen LogP contribution in [0.3, 0.4) is 0 Å². The summed E-state index contributed by atoms with van der Waals surface area (Å²) in [6.07, 6.45) is -4.25. The number of carbonyl (C=O) groups is 2. The zero-order chi connectivity index (χ0) is 20.7. The number of carbonyl (C=O) groups excluding carboxylic acids is 2. The van der Waals surface area contributed by atoms with Crippen molar-refractivity contribution in [1.29, 1.82) is 0 Å². The molecule has 1 aliphatic rings. The number of rotatable bonds is 4. The van der Waals surface area contributed by atoms with Gasteiger partial charge in [0.15, 0.2) is 0 Å². The van der Waals surface area contributed by atoms with Gasteiger partial charge in [0, 0.05) is 10.6 Å². The zero-order valence-electron chi connectivity index (χ0n) is 14.5. The number of halogens is 5. The number of alkyl halides is 5. The third-order valence-electron chi connectivity index (χ3n) is 4.41. The summed E-state index contributed by atoms with van der Waals surface area (Å²) in [4.78, 5) is 25.1. The standard InChI is InChI=1S/C18H15F5N2O2S/c1-9-5-2-3-7-11(9)24-14(26)13-10-6-4-8-12(10)28-15(13)25-16(27)17(19,20)18(21,22)23/h2-3,5,7H,4,6,8H2,1H3,(H,24,26)(H,25,27). The highest BCUT2D eigenvalue weighted by atomic mass is 32.1. The van der Waals surface area contributed by atoms with E-state index in [-0.39, 0.29) is 10.6 Å². The van der Waals surface area contributed by atoms with E-state index in [9.17, 15) is 31.5 Å². The molecule has 0 spiro atoms. The molecule has 1 aromatic heterocycles. The van der Waals surface area contributed by atoms with Gasteiger partial charge in [0.25, 0.3) is 5.91 Å². The molecule has 0 saturated carbocycles. The van der Waals surface area contributed by atoms with Crippen molar-refractivity contribution in [3.8, 4) is 0 Å². The van der Waals surface area contributed by atoms with Crippen molar-refractivity contribution < 1.29 is 31.5 Å². The lowest BCUT2D eigenvalue weighted by atomic mass is 10.1. The lowest BCUT2D eigenvalue weighted by Crippen LogP contribution is -2.47. The average Bonchev–Trinajstić information content (AvgIpc) is 3.16. The molecular formula is C18H15F5N2O2S. The Morgan fingerprint density at radius 1 is 1.04 bits per heavy atom. The maximum atomic E-state index is 13.3. The van der Waals surface area contributed by atoms with Gasteiger partial charge in [-0.1, -0.05) is 18.2 Å². The van der Waals surface area contributed by atoms with E-state index in [1.165, 1.54) is 0 Å². The highest BCUT2D eigenvalue weighted by molar-refractivity contribution is 7.17. The summed E-state index contributed by atoms with van der Waals surface area (Å²) in [5.74, 6) is -8.74. The van der Waals surface area contributed by atoms with Gasteiger partial charge in [-0.05, 0) is 43.4 Å². The van der Waals surface area contributed by atoms with Gasteiger partial charge in [-0.3, -0.25) is 9.59 Å². The summed E-state index contributed by atoms with van der Waals surface area (Å²) in [5.41, 5.74) is 1.73. The Kier molecular flexibility index (Phi) is 5.18. The smallest absolute Gasteiger partial charge is 0.322 e. The number of benzene rings is 1. The van der Waals surface area contributed by atoms with Crippen LogP contribution in [-0.2, 0) is 17.6 Å². The summed E-state index contributed by atoms with van der Waals surface area (Å²) >= 11 is 0.853. The molecule has 1 aromatic carbocycles. The quantitative estimate of drug-likeness (QED) is 0.692. The Bertz CT molecular complexity index is 937. The third-order valence-corrected chi connectivity index (χ3v) is 5.62. The zero-order valence-corrected chi connectivity index (χ0v) is 15.4. The Hall–Kier alpha value is -2.49. The highest BCUT2D eigenvalue weighted by Crippen LogP contribution is 2.42. The number of nitrogens with one attached hydrogen (secondary N) is 2. The molecule has 0 saturated heterocycles. The van der Waals surface area contributed by atoms with Crippen LogP contribution >= 0.6 is 11.3 Å². The predicted molar refractivity (Wildman–Crippen MR) is 95.1 cm³/mol. The maximum absolute atomic E-state index is 13.3. The first-order valence-electron chi connectivity index (χ1n) is 8.30. The van der Waals surface area contributed by atoms with Gasteiger partial charge in [-0.2, -0.15) is 22.0 Å². The average molecular weight is 418 g/mol. The van der Waals surface area contributed by atoms with E-state index in [0.29, 0.717) is 29.0 Å². The number of anilines is 2. The molecule has 4 nitrogen and oxygen atoms in total. The van der Waals surface area contributed by atoms with Crippen LogP contribution in [0.15, 0.2) is 24.3 Å². The Labute approximate surface area is 160 Å². The molecule has 1 aliphatic carbocycles. The van der Waals surface area contributed by atoms with Crippen LogP contribution in [0.5, 0.6) is 0 Å². The normalized spacial score (nSPS) is 13.9. The van der Waals surface area contributed by atoms with Crippen molar-refractivity contribution in [3.05, 3.63) is 45.8 Å². The summed E-state index contributed by atoms with van der Waals surface area (Å²) in [7, 11) is 0. The van der Waals surface area contributed by atoms with Gasteiger partial charge in [0.2, 0.25) is 0 Å². The maximum Gasteiger partial charge on any atom is 0.463 e. The van der Waals surface area contributed by atoms with Crippen molar-refractivity contribution in [1.82, 2.24) is 0 Å². The van der Waals surface area contributed by atoms with Gasteiger partial charge in [0.05, 0.1) is 5.56 Å². The minimum atomic E-state index is -6.03. The van der Waals surface area contributed by atoms with Gasteiger partial charge in [0.1, 0.15) is 5.00 Å². The molecule has 0 atom stereocenters. The lowest BCUT2D eigenvalue weighted by Gasteiger charge is -2.18. The molecule has 1 heterocycles. The minimum absolute atomic E-state index is 0.0629. The van der Waals surface area contributed by atoms with Crippen LogP contribution in [0.25, 0.3) is 0 Å². The number of para-hydroxylation sites is 1. The van der Waals surface area contributed by atoms with Crippen molar-refractivity contribution in [3.63, 3.8) is 0 Å². The molecule has 0 aliphatic heterocycles. The van der Waals surface area contributed by atoms with Gasteiger partial charge < -0.3 is 10.6 Å². The molecule has 3 rings (SSSR count). The van der Waals surface area contributed by atoms with Crippen LogP contribution in [0.1, 0.15) is 32.8 Å². The van der Waals surface area contributed by atoms with Crippen LogP contribution in [0.2, 0.25) is 0 Å². The first-order chi connectivity index (χ1) is 13.0. The Morgan fingerprint density at radius 3 is 2.36 bits per heavy atom. The van der Waals surface area contributed by atoms with Crippen LogP contribution < -0.4 is 10.6 Å². The molecule has 0 fully saturated rings. The molecule has 0 radical (unpaired) electrons. The number of fused-ring (bicyclic) bond motifs is 1. The van der Waals surface area contributed by atoms with Crippen LogP contribution in [0.4, 0.5) is 32.6 Å². The SMILES string of the molecule is Cc1ccccc1NC(=O)c1c(NC(=O)C(F)(F)C(F)(F)F)sc2c1CCC2. The molecule has 2 amide bonds. The van der Waals surface area contributed by atoms with Crippen LogP contribution in [0, 0.1) is 6.92 Å². The van der Waals surface area contributed by atoms with E-state index in [2.05, 4.69) is 5.32 Å². The van der Waals surface area contributed by atoms with Crippen molar-refractivity contribution in [2.24, 2.45) is 0 Å². The van der Waals surface area contributed by atoms with Gasteiger partial charge in [-0.25, -0.2) is 0 Å². The highest BCUT2D eigenvalue weighted by Gasteiger charge is 2.63. The van der Waals surface area contributed by atoms with Crippen molar-refractivity contribution in [2.45, 2.75) is 38.3 Å². The van der Waals surface area contributed by atoms with Crippen LogP contribution in [-0.4, -0.2) is 23.9 Å². The van der Waals surface area contributed by atoms with E-state index in [1.54, 1.807) is 36.5 Å². The molecular weight excluding hydrogens is 403 g/mol. The van der Waals surface area contributed by atoms with E-state index in [0.717, 1.165) is 23.3 Å².